The number of nitrogens with one attached hydrogen (secondary N) is 1. The van der Waals surface area contributed by atoms with Gasteiger partial charge in [0, 0.05) is 5.56 Å². The minimum absolute atomic E-state index is 0.0837. The minimum Gasteiger partial charge on any atom is -0.497 e. The van der Waals surface area contributed by atoms with Crippen molar-refractivity contribution in [3.05, 3.63) is 45.7 Å². The van der Waals surface area contributed by atoms with Crippen molar-refractivity contribution >= 4 is 11.9 Å². The Morgan fingerprint density at radius 2 is 2.04 bits per heavy atom. The van der Waals surface area contributed by atoms with Gasteiger partial charge < -0.3 is 9.47 Å². The van der Waals surface area contributed by atoms with Crippen molar-refractivity contribution in [1.29, 1.82) is 5.26 Å². The molecular formula is C16H16N4O4. The number of hydrogen-bond donors (Lipinski definition) is 1. The molecule has 0 aliphatic rings. The van der Waals surface area contributed by atoms with Crippen LogP contribution in [0.5, 0.6) is 5.75 Å². The Bertz CT molecular complexity index is 850. The molecule has 24 heavy (non-hydrogen) atoms. The van der Waals surface area contributed by atoms with Crippen molar-refractivity contribution in [2.24, 2.45) is 0 Å². The molecule has 0 saturated carbocycles. The SMILES string of the molecule is CCOC(=O)Nc1nn(-c2ccc(OC)cc2)c(=O)c(C#N)c1C. The number of anilines is 1. The van der Waals surface area contributed by atoms with E-state index in [1.807, 2.05) is 6.07 Å². The highest BCUT2D eigenvalue weighted by molar-refractivity contribution is 5.84. The molecule has 0 radical (unpaired) electrons. The second kappa shape index (κ2) is 7.28. The van der Waals surface area contributed by atoms with Crippen LogP contribution in [0.25, 0.3) is 5.69 Å². The van der Waals surface area contributed by atoms with Gasteiger partial charge in [0.05, 0.1) is 19.4 Å². The summed E-state index contributed by atoms with van der Waals surface area (Å²) in [5.41, 5.74) is 0.0340. The molecule has 1 aromatic carbocycles. The number of benzene rings is 1. The summed E-state index contributed by atoms with van der Waals surface area (Å²) in [5, 5.41) is 15.8. The quantitative estimate of drug-likeness (QED) is 0.920. The molecule has 0 saturated heterocycles. The summed E-state index contributed by atoms with van der Waals surface area (Å²) in [7, 11) is 1.53. The zero-order valence-corrected chi connectivity index (χ0v) is 13.5. The highest BCUT2D eigenvalue weighted by atomic mass is 16.5. The van der Waals surface area contributed by atoms with Gasteiger partial charge in [-0.05, 0) is 38.1 Å². The first-order chi connectivity index (χ1) is 11.5. The number of rotatable bonds is 4. The van der Waals surface area contributed by atoms with E-state index in [1.165, 1.54) is 14.0 Å². The fraction of sp³-hybridized carbons (Fsp3) is 0.250. The first-order valence-corrected chi connectivity index (χ1v) is 7.14. The Labute approximate surface area is 138 Å². The number of aromatic nitrogens is 2. The van der Waals surface area contributed by atoms with Crippen LogP contribution in [0.4, 0.5) is 10.6 Å². The van der Waals surface area contributed by atoms with Crippen LogP contribution in [0.1, 0.15) is 18.1 Å². The summed E-state index contributed by atoms with van der Waals surface area (Å²) in [4.78, 5) is 24.1. The van der Waals surface area contributed by atoms with Crippen molar-refractivity contribution in [3.8, 4) is 17.5 Å². The van der Waals surface area contributed by atoms with Crippen LogP contribution in [-0.2, 0) is 4.74 Å². The van der Waals surface area contributed by atoms with Gasteiger partial charge in [0.25, 0.3) is 5.56 Å². The summed E-state index contributed by atoms with van der Waals surface area (Å²) in [5.74, 6) is 0.699. The molecule has 0 bridgehead atoms. The highest BCUT2D eigenvalue weighted by Gasteiger charge is 2.17. The summed E-state index contributed by atoms with van der Waals surface area (Å²) >= 11 is 0. The van der Waals surface area contributed by atoms with Crippen LogP contribution < -0.4 is 15.6 Å². The van der Waals surface area contributed by atoms with Gasteiger partial charge in [-0.25, -0.2) is 4.79 Å². The molecule has 1 amide bonds. The third-order valence-electron chi connectivity index (χ3n) is 3.26. The summed E-state index contributed by atoms with van der Waals surface area (Å²) < 4.78 is 10.9. The molecule has 2 rings (SSSR count). The molecule has 0 atom stereocenters. The number of ether oxygens (including phenoxy) is 2. The fourth-order valence-electron chi connectivity index (χ4n) is 2.02. The molecule has 1 aromatic heterocycles. The Balaban J connectivity index is 2.56. The Morgan fingerprint density at radius 3 is 2.58 bits per heavy atom. The molecule has 8 nitrogen and oxygen atoms in total. The van der Waals surface area contributed by atoms with E-state index in [9.17, 15) is 14.9 Å². The summed E-state index contributed by atoms with van der Waals surface area (Å²) in [6.45, 7) is 3.39. The number of amides is 1. The van der Waals surface area contributed by atoms with Gasteiger partial charge in [-0.2, -0.15) is 9.94 Å². The predicted octanol–water partition coefficient (Wildman–Crippen LogP) is 1.99. The average Bonchev–Trinajstić information content (AvgIpc) is 2.58. The van der Waals surface area contributed by atoms with Crippen LogP contribution in [0.3, 0.4) is 0 Å². The maximum Gasteiger partial charge on any atom is 0.412 e. The fourth-order valence-corrected chi connectivity index (χ4v) is 2.02. The number of hydrogen-bond acceptors (Lipinski definition) is 6. The lowest BCUT2D eigenvalue weighted by Crippen LogP contribution is -2.28. The Kier molecular flexibility index (Phi) is 5.16. The number of carbonyl (C=O) groups is 1. The average molecular weight is 328 g/mol. The third-order valence-corrected chi connectivity index (χ3v) is 3.26. The van der Waals surface area contributed by atoms with E-state index in [2.05, 4.69) is 10.4 Å². The first kappa shape index (κ1) is 17.0. The lowest BCUT2D eigenvalue weighted by atomic mass is 10.2. The molecule has 1 N–H and O–H groups in total. The van der Waals surface area contributed by atoms with Gasteiger partial charge in [-0.15, -0.1) is 5.10 Å². The summed E-state index contributed by atoms with van der Waals surface area (Å²) in [6, 6.07) is 8.42. The normalized spacial score (nSPS) is 9.92. The van der Waals surface area contributed by atoms with Gasteiger partial charge in [-0.1, -0.05) is 0 Å². The standard InChI is InChI=1S/C16H16N4O4/c1-4-24-16(22)18-14-10(2)13(9-17)15(21)20(19-14)11-5-7-12(23-3)8-6-11/h5-8H,4H2,1-3H3,(H,18,19,22). The van der Waals surface area contributed by atoms with E-state index in [0.717, 1.165) is 4.68 Å². The monoisotopic (exact) mass is 328 g/mol. The molecule has 124 valence electrons. The van der Waals surface area contributed by atoms with Gasteiger partial charge in [-0.3, -0.25) is 10.1 Å². The van der Waals surface area contributed by atoms with Crippen molar-refractivity contribution in [2.45, 2.75) is 13.8 Å². The van der Waals surface area contributed by atoms with Crippen molar-refractivity contribution in [2.75, 3.05) is 19.0 Å². The van der Waals surface area contributed by atoms with E-state index < -0.39 is 11.7 Å². The van der Waals surface area contributed by atoms with Gasteiger partial charge in [0.2, 0.25) is 0 Å². The molecule has 2 aromatic rings. The van der Waals surface area contributed by atoms with Gasteiger partial charge in [0.1, 0.15) is 17.4 Å². The van der Waals surface area contributed by atoms with Crippen molar-refractivity contribution < 1.29 is 14.3 Å². The predicted molar refractivity (Wildman–Crippen MR) is 86.5 cm³/mol. The second-order valence-electron chi connectivity index (χ2n) is 4.72. The smallest absolute Gasteiger partial charge is 0.412 e. The molecule has 0 unspecified atom stereocenters. The van der Waals surface area contributed by atoms with Gasteiger partial charge in [0.15, 0.2) is 5.82 Å². The lowest BCUT2D eigenvalue weighted by Gasteiger charge is -2.12. The summed E-state index contributed by atoms with van der Waals surface area (Å²) in [6.07, 6.45) is -0.711. The second-order valence-corrected chi connectivity index (χ2v) is 4.72. The molecule has 0 spiro atoms. The molecule has 0 fully saturated rings. The molecule has 1 heterocycles. The minimum atomic E-state index is -0.711. The Morgan fingerprint density at radius 1 is 1.38 bits per heavy atom. The number of methoxy groups -OCH3 is 1. The van der Waals surface area contributed by atoms with E-state index in [4.69, 9.17) is 9.47 Å². The van der Waals surface area contributed by atoms with Crippen LogP contribution in [0, 0.1) is 18.3 Å². The van der Waals surface area contributed by atoms with Crippen LogP contribution in [0.2, 0.25) is 0 Å². The number of carbonyl (C=O) groups excluding carboxylic acids is 1. The van der Waals surface area contributed by atoms with E-state index in [0.29, 0.717) is 11.4 Å². The maximum atomic E-state index is 12.4. The Hall–Kier alpha value is -3.34. The van der Waals surface area contributed by atoms with Crippen LogP contribution in [-0.4, -0.2) is 29.6 Å². The first-order valence-electron chi connectivity index (χ1n) is 7.14. The molecular weight excluding hydrogens is 312 g/mol. The third kappa shape index (κ3) is 3.35. The van der Waals surface area contributed by atoms with E-state index >= 15 is 0 Å². The van der Waals surface area contributed by atoms with Crippen molar-refractivity contribution in [1.82, 2.24) is 9.78 Å². The molecule has 0 aliphatic heterocycles. The molecule has 8 heteroatoms. The highest BCUT2D eigenvalue weighted by Crippen LogP contribution is 2.17. The van der Waals surface area contributed by atoms with E-state index in [1.54, 1.807) is 31.2 Å². The topological polar surface area (TPSA) is 106 Å². The number of nitriles is 1. The van der Waals surface area contributed by atoms with Crippen LogP contribution in [0.15, 0.2) is 29.1 Å². The maximum absolute atomic E-state index is 12.4. The molecule has 0 aliphatic carbocycles. The number of nitrogens with zero attached hydrogens (tertiary/aromatic N) is 3. The van der Waals surface area contributed by atoms with Crippen LogP contribution >= 0.6 is 0 Å². The largest absolute Gasteiger partial charge is 0.497 e. The van der Waals surface area contributed by atoms with Crippen molar-refractivity contribution in [3.63, 3.8) is 0 Å². The van der Waals surface area contributed by atoms with Gasteiger partial charge >= 0.3 is 6.09 Å². The lowest BCUT2D eigenvalue weighted by molar-refractivity contribution is 0.167. The zero-order valence-electron chi connectivity index (χ0n) is 13.5. The zero-order chi connectivity index (χ0) is 17.7. The van der Waals surface area contributed by atoms with E-state index in [-0.39, 0.29) is 23.6 Å².